The van der Waals surface area contributed by atoms with Crippen molar-refractivity contribution in [1.82, 2.24) is 9.78 Å². The van der Waals surface area contributed by atoms with Gasteiger partial charge in [-0.2, -0.15) is 5.10 Å². The molecule has 2 rings (SSSR count). The Labute approximate surface area is 124 Å². The van der Waals surface area contributed by atoms with Crippen molar-refractivity contribution in [3.8, 4) is 11.5 Å². The first-order valence-electron chi connectivity index (χ1n) is 6.84. The number of aromatic nitrogens is 2. The molecule has 5 nitrogen and oxygen atoms in total. The van der Waals surface area contributed by atoms with Crippen LogP contribution in [0.25, 0.3) is 0 Å². The summed E-state index contributed by atoms with van der Waals surface area (Å²) >= 11 is 0. The van der Waals surface area contributed by atoms with Gasteiger partial charge in [-0.15, -0.1) is 0 Å². The second kappa shape index (κ2) is 6.43. The predicted octanol–water partition coefficient (Wildman–Crippen LogP) is 2.91. The molecule has 0 aliphatic heterocycles. The number of ketones is 1. The summed E-state index contributed by atoms with van der Waals surface area (Å²) in [4.78, 5) is 12.6. The topological polar surface area (TPSA) is 53.4 Å². The van der Waals surface area contributed by atoms with Gasteiger partial charge in [-0.1, -0.05) is 12.1 Å². The van der Waals surface area contributed by atoms with Crippen molar-refractivity contribution in [3.05, 3.63) is 41.7 Å². The molecule has 5 heteroatoms. The van der Waals surface area contributed by atoms with Crippen molar-refractivity contribution >= 4 is 5.78 Å². The Bertz CT molecular complexity index is 632. The summed E-state index contributed by atoms with van der Waals surface area (Å²) < 4.78 is 12.1. The van der Waals surface area contributed by atoms with Crippen LogP contribution < -0.4 is 9.47 Å². The lowest BCUT2D eigenvalue weighted by molar-refractivity contribution is 0.0977. The molecule has 0 spiro atoms. The molecule has 0 aliphatic rings. The van der Waals surface area contributed by atoms with Crippen LogP contribution in [0.2, 0.25) is 0 Å². The van der Waals surface area contributed by atoms with E-state index in [1.54, 1.807) is 25.1 Å². The van der Waals surface area contributed by atoms with Gasteiger partial charge in [-0.3, -0.25) is 9.48 Å². The molecule has 0 saturated heterocycles. The van der Waals surface area contributed by atoms with E-state index in [-0.39, 0.29) is 18.2 Å². The number of carbonyl (C=O) groups excluding carboxylic acids is 1. The van der Waals surface area contributed by atoms with E-state index in [9.17, 15) is 4.79 Å². The number of benzene rings is 1. The van der Waals surface area contributed by atoms with Gasteiger partial charge in [0.1, 0.15) is 11.4 Å². The van der Waals surface area contributed by atoms with E-state index in [0.717, 1.165) is 11.3 Å². The maximum Gasteiger partial charge on any atom is 0.189 e. The molecule has 21 heavy (non-hydrogen) atoms. The first-order chi connectivity index (χ1) is 10.1. The molecule has 0 atom stereocenters. The zero-order valence-corrected chi connectivity index (χ0v) is 12.8. The third kappa shape index (κ3) is 3.24. The molecule has 0 fully saturated rings. The number of hydrogen-bond donors (Lipinski definition) is 0. The molecule has 0 bridgehead atoms. The highest BCUT2D eigenvalue weighted by molar-refractivity contribution is 5.98. The van der Waals surface area contributed by atoms with E-state index in [1.165, 1.54) is 0 Å². The summed E-state index contributed by atoms with van der Waals surface area (Å²) in [6.07, 6.45) is 1.87. The Morgan fingerprint density at radius 1 is 1.29 bits per heavy atom. The van der Waals surface area contributed by atoms with Gasteiger partial charge in [-0.05, 0) is 31.5 Å². The molecular weight excluding hydrogens is 268 g/mol. The van der Waals surface area contributed by atoms with Gasteiger partial charge in [0.15, 0.2) is 11.5 Å². The van der Waals surface area contributed by atoms with E-state index >= 15 is 0 Å². The lowest BCUT2D eigenvalue weighted by Crippen LogP contribution is -2.15. The number of hydrogen-bond acceptors (Lipinski definition) is 4. The molecule has 0 amide bonds. The molecular formula is C16H20N2O3. The van der Waals surface area contributed by atoms with Crippen molar-refractivity contribution in [2.75, 3.05) is 14.2 Å². The maximum atomic E-state index is 12.6. The lowest BCUT2D eigenvalue weighted by Gasteiger charge is -2.11. The number of methoxy groups -OCH3 is 2. The minimum absolute atomic E-state index is 0.0219. The highest BCUT2D eigenvalue weighted by atomic mass is 16.5. The second-order valence-corrected chi connectivity index (χ2v) is 5.05. The summed E-state index contributed by atoms with van der Waals surface area (Å²) in [6, 6.07) is 7.59. The van der Waals surface area contributed by atoms with E-state index in [1.807, 2.05) is 38.1 Å². The Kier molecular flexibility index (Phi) is 4.62. The summed E-state index contributed by atoms with van der Waals surface area (Å²) in [5.74, 6) is 1.23. The number of rotatable bonds is 6. The highest BCUT2D eigenvalue weighted by Crippen LogP contribution is 2.23. The third-order valence-corrected chi connectivity index (χ3v) is 3.23. The van der Waals surface area contributed by atoms with Gasteiger partial charge in [-0.25, -0.2) is 0 Å². The quantitative estimate of drug-likeness (QED) is 0.767. The fourth-order valence-electron chi connectivity index (χ4n) is 2.20. The Balaban J connectivity index is 2.29. The zero-order chi connectivity index (χ0) is 15.4. The van der Waals surface area contributed by atoms with E-state index in [4.69, 9.17) is 9.47 Å². The zero-order valence-electron chi connectivity index (χ0n) is 12.8. The van der Waals surface area contributed by atoms with Crippen LogP contribution in [0.3, 0.4) is 0 Å². The Morgan fingerprint density at radius 2 is 2.05 bits per heavy atom. The van der Waals surface area contributed by atoms with E-state index in [2.05, 4.69) is 5.10 Å². The van der Waals surface area contributed by atoms with Gasteiger partial charge >= 0.3 is 0 Å². The summed E-state index contributed by atoms with van der Waals surface area (Å²) in [5.41, 5.74) is 1.41. The number of ether oxygens (including phenoxy) is 2. The minimum Gasteiger partial charge on any atom is -0.497 e. The SMILES string of the molecule is COc1cccc(CC(=O)c2c(OC)cnn2C(C)C)c1. The first-order valence-corrected chi connectivity index (χ1v) is 6.84. The maximum absolute atomic E-state index is 12.6. The first kappa shape index (κ1) is 15.1. The normalized spacial score (nSPS) is 10.7. The van der Waals surface area contributed by atoms with Crippen molar-refractivity contribution < 1.29 is 14.3 Å². The lowest BCUT2D eigenvalue weighted by atomic mass is 10.1. The van der Waals surface area contributed by atoms with Crippen LogP contribution in [0, 0.1) is 0 Å². The highest BCUT2D eigenvalue weighted by Gasteiger charge is 2.21. The largest absolute Gasteiger partial charge is 0.497 e. The fourth-order valence-corrected chi connectivity index (χ4v) is 2.20. The Morgan fingerprint density at radius 3 is 2.67 bits per heavy atom. The van der Waals surface area contributed by atoms with Gasteiger partial charge < -0.3 is 9.47 Å². The van der Waals surface area contributed by atoms with Gasteiger partial charge in [0.25, 0.3) is 0 Å². The Hall–Kier alpha value is -2.30. The molecule has 0 aliphatic carbocycles. The molecule has 2 aromatic rings. The molecule has 0 N–H and O–H groups in total. The van der Waals surface area contributed by atoms with Crippen LogP contribution in [0.4, 0.5) is 0 Å². The average Bonchev–Trinajstić information content (AvgIpc) is 2.91. The molecule has 112 valence electrons. The predicted molar refractivity (Wildman–Crippen MR) is 80.2 cm³/mol. The summed E-state index contributed by atoms with van der Waals surface area (Å²) in [6.45, 7) is 3.96. The standard InChI is InChI=1S/C16H20N2O3/c1-11(2)18-16(15(21-4)10-17-18)14(19)9-12-6-5-7-13(8-12)20-3/h5-8,10-11H,9H2,1-4H3. The van der Waals surface area contributed by atoms with Crippen molar-refractivity contribution in [1.29, 1.82) is 0 Å². The molecule has 0 radical (unpaired) electrons. The van der Waals surface area contributed by atoms with Crippen molar-refractivity contribution in [3.63, 3.8) is 0 Å². The third-order valence-electron chi connectivity index (χ3n) is 3.23. The molecule has 1 aromatic heterocycles. The molecule has 0 saturated carbocycles. The van der Waals surface area contributed by atoms with Crippen LogP contribution in [0.1, 0.15) is 35.9 Å². The van der Waals surface area contributed by atoms with Crippen LogP contribution in [-0.2, 0) is 6.42 Å². The molecule has 0 unspecified atom stereocenters. The monoisotopic (exact) mass is 288 g/mol. The fraction of sp³-hybridized carbons (Fsp3) is 0.375. The molecule has 1 heterocycles. The van der Waals surface area contributed by atoms with E-state index in [0.29, 0.717) is 11.4 Å². The number of nitrogens with zero attached hydrogens (tertiary/aromatic N) is 2. The van der Waals surface area contributed by atoms with Crippen LogP contribution in [0.5, 0.6) is 11.5 Å². The smallest absolute Gasteiger partial charge is 0.189 e. The number of Topliss-reactive ketones (excluding diaryl/α,β-unsaturated/α-hetero) is 1. The van der Waals surface area contributed by atoms with Crippen LogP contribution in [0.15, 0.2) is 30.5 Å². The van der Waals surface area contributed by atoms with Gasteiger partial charge in [0, 0.05) is 12.5 Å². The second-order valence-electron chi connectivity index (χ2n) is 5.05. The molecule has 1 aromatic carbocycles. The van der Waals surface area contributed by atoms with Crippen molar-refractivity contribution in [2.24, 2.45) is 0 Å². The van der Waals surface area contributed by atoms with Gasteiger partial charge in [0.2, 0.25) is 0 Å². The van der Waals surface area contributed by atoms with E-state index < -0.39 is 0 Å². The van der Waals surface area contributed by atoms with Gasteiger partial charge in [0.05, 0.1) is 20.4 Å². The van der Waals surface area contributed by atoms with Crippen molar-refractivity contribution in [2.45, 2.75) is 26.3 Å². The minimum atomic E-state index is -0.0219. The van der Waals surface area contributed by atoms with Crippen LogP contribution >= 0.6 is 0 Å². The summed E-state index contributed by atoms with van der Waals surface area (Å²) in [7, 11) is 3.15. The number of carbonyl (C=O) groups is 1. The van der Waals surface area contributed by atoms with Crippen LogP contribution in [-0.4, -0.2) is 29.8 Å². The summed E-state index contributed by atoms with van der Waals surface area (Å²) in [5, 5.41) is 4.23. The average molecular weight is 288 g/mol.